The SMILES string of the molecule is CC.COc1cc(C(=O)O)cc2sc(N3CCN(Cc4c(-c5c(Cl)cccc5Cl)noc4C4CC4)CC3)nc12. The minimum absolute atomic E-state index is 0.194. The van der Waals surface area contributed by atoms with Crippen molar-refractivity contribution in [2.45, 2.75) is 39.2 Å². The molecule has 2 aliphatic rings. The normalized spacial score (nSPS) is 15.8. The van der Waals surface area contributed by atoms with Crippen molar-refractivity contribution in [1.82, 2.24) is 15.0 Å². The summed E-state index contributed by atoms with van der Waals surface area (Å²) in [5.74, 6) is 0.843. The first-order valence-corrected chi connectivity index (χ1v) is 14.6. The van der Waals surface area contributed by atoms with Gasteiger partial charge in [-0.1, -0.05) is 59.6 Å². The van der Waals surface area contributed by atoms with E-state index in [0.29, 0.717) is 33.8 Å². The molecule has 0 radical (unpaired) electrons. The molecule has 6 rings (SSSR count). The number of carbonyl (C=O) groups is 1. The fourth-order valence-electron chi connectivity index (χ4n) is 4.78. The van der Waals surface area contributed by atoms with E-state index in [-0.39, 0.29) is 5.56 Å². The second-order valence-corrected chi connectivity index (χ2v) is 11.2. The zero-order valence-electron chi connectivity index (χ0n) is 22.0. The van der Waals surface area contributed by atoms with Gasteiger partial charge in [-0.05, 0) is 37.1 Å². The van der Waals surface area contributed by atoms with E-state index >= 15 is 0 Å². The average molecular weight is 590 g/mol. The van der Waals surface area contributed by atoms with Gasteiger partial charge in [0.05, 0.1) is 27.4 Å². The number of halogens is 2. The van der Waals surface area contributed by atoms with Gasteiger partial charge in [0, 0.05) is 49.8 Å². The lowest BCUT2D eigenvalue weighted by molar-refractivity contribution is 0.0696. The van der Waals surface area contributed by atoms with Gasteiger partial charge >= 0.3 is 5.97 Å². The van der Waals surface area contributed by atoms with Crippen LogP contribution in [0.4, 0.5) is 5.13 Å². The van der Waals surface area contributed by atoms with Gasteiger partial charge in [0.15, 0.2) is 5.13 Å². The molecular formula is C28H30Cl2N4O4S. The summed E-state index contributed by atoms with van der Waals surface area (Å²) in [6.45, 7) is 7.95. The van der Waals surface area contributed by atoms with E-state index in [4.69, 9.17) is 37.4 Å². The van der Waals surface area contributed by atoms with Gasteiger partial charge in [-0.3, -0.25) is 4.90 Å². The monoisotopic (exact) mass is 588 g/mol. The number of carboxylic acids is 1. The summed E-state index contributed by atoms with van der Waals surface area (Å²) in [7, 11) is 1.53. The molecule has 0 bridgehead atoms. The van der Waals surface area contributed by atoms with E-state index < -0.39 is 5.97 Å². The van der Waals surface area contributed by atoms with Gasteiger partial charge in [-0.25, -0.2) is 9.78 Å². The van der Waals surface area contributed by atoms with E-state index in [1.165, 1.54) is 24.5 Å². The number of benzene rings is 2. The summed E-state index contributed by atoms with van der Waals surface area (Å²) >= 11 is 14.5. The first kappa shape index (κ1) is 27.7. The lowest BCUT2D eigenvalue weighted by Crippen LogP contribution is -2.46. The first-order chi connectivity index (χ1) is 18.9. The highest BCUT2D eigenvalue weighted by molar-refractivity contribution is 7.22. The number of fused-ring (bicyclic) bond motifs is 1. The highest BCUT2D eigenvalue weighted by Crippen LogP contribution is 2.46. The minimum atomic E-state index is -0.986. The van der Waals surface area contributed by atoms with Crippen molar-refractivity contribution in [3.8, 4) is 17.0 Å². The number of anilines is 1. The minimum Gasteiger partial charge on any atom is -0.494 e. The zero-order chi connectivity index (χ0) is 27.7. The number of thiazole rings is 1. The van der Waals surface area contributed by atoms with Crippen LogP contribution in [0.5, 0.6) is 5.75 Å². The van der Waals surface area contributed by atoms with Crippen LogP contribution in [0.3, 0.4) is 0 Å². The molecule has 2 aromatic heterocycles. The van der Waals surface area contributed by atoms with Gasteiger partial charge in [0.2, 0.25) is 0 Å². The van der Waals surface area contributed by atoms with E-state index in [9.17, 15) is 9.90 Å². The van der Waals surface area contributed by atoms with Crippen LogP contribution in [0, 0.1) is 0 Å². The van der Waals surface area contributed by atoms with Crippen LogP contribution in [0.1, 0.15) is 54.3 Å². The Bertz CT molecular complexity index is 1470. The summed E-state index contributed by atoms with van der Waals surface area (Å²) in [6.07, 6.45) is 2.21. The highest BCUT2D eigenvalue weighted by atomic mass is 35.5. The van der Waals surface area contributed by atoms with Crippen LogP contribution in [0.15, 0.2) is 34.9 Å². The average Bonchev–Trinajstić information content (AvgIpc) is 3.57. The molecule has 0 unspecified atom stereocenters. The second kappa shape index (κ2) is 11.7. The number of nitrogens with zero attached hydrogens (tertiary/aromatic N) is 4. The van der Waals surface area contributed by atoms with E-state index in [2.05, 4.69) is 15.0 Å². The van der Waals surface area contributed by atoms with Crippen molar-refractivity contribution in [1.29, 1.82) is 0 Å². The summed E-state index contributed by atoms with van der Waals surface area (Å²) in [5, 5.41) is 15.8. The smallest absolute Gasteiger partial charge is 0.335 e. The second-order valence-electron chi connectivity index (χ2n) is 9.33. The van der Waals surface area contributed by atoms with E-state index in [1.54, 1.807) is 6.07 Å². The highest BCUT2D eigenvalue weighted by Gasteiger charge is 2.34. The number of hydrogen-bond acceptors (Lipinski definition) is 8. The molecule has 1 N–H and O–H groups in total. The molecule has 1 aliphatic carbocycles. The molecule has 1 saturated heterocycles. The molecule has 1 aliphatic heterocycles. The first-order valence-electron chi connectivity index (χ1n) is 13.0. The standard InChI is InChI=1S/C26H24Cl2N4O4S.C2H6/c1-35-19-11-15(25(33)34)12-20-23(19)29-26(37-20)32-9-7-31(8-10-32)13-16-22(30-36-24(16)14-5-6-14)21-17(27)3-2-4-18(21)28;1-2/h2-4,11-12,14H,5-10,13H2,1H3,(H,33,34);1-2H3. The quantitative estimate of drug-likeness (QED) is 0.242. The number of methoxy groups -OCH3 is 1. The fourth-order valence-corrected chi connectivity index (χ4v) is 6.43. The third-order valence-electron chi connectivity index (χ3n) is 6.91. The Morgan fingerprint density at radius 2 is 1.85 bits per heavy atom. The number of aromatic nitrogens is 2. The third kappa shape index (κ3) is 5.59. The van der Waals surface area contributed by atoms with Gasteiger partial charge in [-0.15, -0.1) is 0 Å². The molecule has 39 heavy (non-hydrogen) atoms. The predicted molar refractivity (Wildman–Crippen MR) is 156 cm³/mol. The maximum Gasteiger partial charge on any atom is 0.335 e. The number of piperazine rings is 1. The van der Waals surface area contributed by atoms with E-state index in [1.807, 2.05) is 32.0 Å². The van der Waals surface area contributed by atoms with Crippen molar-refractivity contribution in [2.24, 2.45) is 0 Å². The summed E-state index contributed by atoms with van der Waals surface area (Å²) < 4.78 is 12.0. The molecule has 11 heteroatoms. The van der Waals surface area contributed by atoms with Crippen molar-refractivity contribution < 1.29 is 19.2 Å². The molecule has 2 fully saturated rings. The van der Waals surface area contributed by atoms with Gasteiger partial charge in [0.1, 0.15) is 22.7 Å². The number of rotatable bonds is 7. The molecule has 3 heterocycles. The third-order valence-corrected chi connectivity index (χ3v) is 8.60. The number of ether oxygens (including phenoxy) is 1. The Morgan fingerprint density at radius 1 is 1.15 bits per heavy atom. The molecule has 206 valence electrons. The summed E-state index contributed by atoms with van der Waals surface area (Å²) in [4.78, 5) is 20.9. The number of carboxylic acid groups (broad SMARTS) is 1. The van der Waals surface area contributed by atoms with Crippen molar-refractivity contribution in [3.63, 3.8) is 0 Å². The van der Waals surface area contributed by atoms with Gasteiger partial charge in [0.25, 0.3) is 0 Å². The Morgan fingerprint density at radius 3 is 2.46 bits per heavy atom. The van der Waals surface area contributed by atoms with Gasteiger partial charge < -0.3 is 19.3 Å². The van der Waals surface area contributed by atoms with Crippen LogP contribution in [0.2, 0.25) is 10.0 Å². The maximum atomic E-state index is 11.5. The van der Waals surface area contributed by atoms with Crippen molar-refractivity contribution >= 4 is 55.9 Å². The van der Waals surface area contributed by atoms with Crippen LogP contribution in [-0.2, 0) is 6.54 Å². The number of hydrogen-bond donors (Lipinski definition) is 1. The largest absolute Gasteiger partial charge is 0.494 e. The lowest BCUT2D eigenvalue weighted by Gasteiger charge is -2.34. The molecule has 0 atom stereocenters. The van der Waals surface area contributed by atoms with Crippen LogP contribution in [-0.4, -0.2) is 59.4 Å². The number of aromatic carboxylic acids is 1. The molecule has 0 spiro atoms. The van der Waals surface area contributed by atoms with Crippen LogP contribution in [0.25, 0.3) is 21.5 Å². The molecular weight excluding hydrogens is 559 g/mol. The lowest BCUT2D eigenvalue weighted by atomic mass is 10.0. The van der Waals surface area contributed by atoms with E-state index in [0.717, 1.165) is 71.4 Å². The van der Waals surface area contributed by atoms with Crippen molar-refractivity contribution in [2.75, 3.05) is 38.2 Å². The Kier molecular flexibility index (Phi) is 8.32. The predicted octanol–water partition coefficient (Wildman–Crippen LogP) is 7.19. The topological polar surface area (TPSA) is 91.9 Å². The molecule has 0 amide bonds. The Labute approximate surface area is 241 Å². The van der Waals surface area contributed by atoms with Crippen LogP contribution < -0.4 is 9.64 Å². The zero-order valence-corrected chi connectivity index (χ0v) is 24.4. The summed E-state index contributed by atoms with van der Waals surface area (Å²) in [5.41, 5.74) is 3.40. The fraction of sp³-hybridized carbons (Fsp3) is 0.393. The van der Waals surface area contributed by atoms with Crippen molar-refractivity contribution in [3.05, 3.63) is 57.3 Å². The molecule has 4 aromatic rings. The van der Waals surface area contributed by atoms with Gasteiger partial charge in [-0.2, -0.15) is 0 Å². The molecule has 2 aromatic carbocycles. The summed E-state index contributed by atoms with van der Waals surface area (Å²) in [6, 6.07) is 8.65. The van der Waals surface area contributed by atoms with Crippen LogP contribution >= 0.6 is 34.5 Å². The Balaban J connectivity index is 0.00000151. The maximum absolute atomic E-state index is 11.5. The molecule has 8 nitrogen and oxygen atoms in total. The molecule has 1 saturated carbocycles. The Hall–Kier alpha value is -2.85.